The van der Waals surface area contributed by atoms with Crippen molar-refractivity contribution in [3.8, 4) is 5.75 Å². The summed E-state index contributed by atoms with van der Waals surface area (Å²) in [4.78, 5) is 60.6. The first-order valence-electron chi connectivity index (χ1n) is 10.4. The van der Waals surface area contributed by atoms with Crippen LogP contribution < -0.4 is 15.0 Å². The molecule has 0 radical (unpaired) electrons. The summed E-state index contributed by atoms with van der Waals surface area (Å²) in [6.07, 6.45) is 1.13. The molecule has 1 aliphatic rings. The van der Waals surface area contributed by atoms with Gasteiger partial charge in [-0.1, -0.05) is 42.5 Å². The van der Waals surface area contributed by atoms with Crippen LogP contribution in [0, 0.1) is 10.1 Å². The highest BCUT2D eigenvalue weighted by molar-refractivity contribution is 6.39. The summed E-state index contributed by atoms with van der Waals surface area (Å²) in [6.45, 7) is 0.128. The normalized spacial score (nSPS) is 14.5. The monoisotopic (exact) mass is 487 g/mol. The van der Waals surface area contributed by atoms with E-state index in [0.29, 0.717) is 4.90 Å². The number of carboxylic acid groups (broad SMARTS) is 1. The number of amides is 4. The van der Waals surface area contributed by atoms with Gasteiger partial charge in [0.1, 0.15) is 23.5 Å². The molecule has 3 aromatic carbocycles. The van der Waals surface area contributed by atoms with E-state index in [0.717, 1.165) is 17.7 Å². The number of hydrogen-bond acceptors (Lipinski definition) is 7. The van der Waals surface area contributed by atoms with Gasteiger partial charge < -0.3 is 9.84 Å². The molecule has 2 N–H and O–H groups in total. The summed E-state index contributed by atoms with van der Waals surface area (Å²) in [5.74, 6) is -3.22. The van der Waals surface area contributed by atoms with Crippen LogP contribution in [0.25, 0.3) is 6.08 Å². The highest BCUT2D eigenvalue weighted by atomic mass is 16.6. The highest BCUT2D eigenvalue weighted by Gasteiger charge is 2.37. The number of ether oxygens (including phenoxy) is 1. The number of nitro groups is 1. The van der Waals surface area contributed by atoms with Gasteiger partial charge in [-0.25, -0.2) is 14.5 Å². The maximum absolute atomic E-state index is 13.0. The van der Waals surface area contributed by atoms with Gasteiger partial charge in [-0.2, -0.15) is 0 Å². The van der Waals surface area contributed by atoms with Crippen LogP contribution in [0.3, 0.4) is 0 Å². The number of carbonyl (C=O) groups excluding carboxylic acids is 3. The average molecular weight is 487 g/mol. The molecule has 11 nitrogen and oxygen atoms in total. The summed E-state index contributed by atoms with van der Waals surface area (Å²) < 4.78 is 5.64. The molecule has 4 rings (SSSR count). The van der Waals surface area contributed by atoms with Crippen molar-refractivity contribution in [3.63, 3.8) is 0 Å². The average Bonchev–Trinajstić information content (AvgIpc) is 2.86. The number of nitro benzene ring substituents is 1. The smallest absolute Gasteiger partial charge is 0.339 e. The molecule has 1 aliphatic heterocycles. The first kappa shape index (κ1) is 23.8. The number of barbiturate groups is 1. The number of benzene rings is 3. The Labute approximate surface area is 203 Å². The van der Waals surface area contributed by atoms with Crippen LogP contribution in [-0.4, -0.2) is 33.8 Å². The molecule has 180 valence electrons. The van der Waals surface area contributed by atoms with Gasteiger partial charge in [0, 0.05) is 12.1 Å². The van der Waals surface area contributed by atoms with Crippen molar-refractivity contribution in [2.75, 3.05) is 4.90 Å². The number of non-ortho nitro benzene ring substituents is 1. The number of imide groups is 2. The fraction of sp³-hybridized carbons (Fsp3) is 0.0400. The van der Waals surface area contributed by atoms with Crippen molar-refractivity contribution in [1.29, 1.82) is 0 Å². The second-order valence-electron chi connectivity index (χ2n) is 7.57. The van der Waals surface area contributed by atoms with Crippen LogP contribution in [0.1, 0.15) is 21.5 Å². The zero-order valence-corrected chi connectivity index (χ0v) is 18.4. The Morgan fingerprint density at radius 1 is 1.03 bits per heavy atom. The van der Waals surface area contributed by atoms with Gasteiger partial charge in [0.05, 0.1) is 10.6 Å². The number of carboxylic acids is 1. The predicted molar refractivity (Wildman–Crippen MR) is 126 cm³/mol. The van der Waals surface area contributed by atoms with Gasteiger partial charge in [0.15, 0.2) is 0 Å². The third kappa shape index (κ3) is 4.94. The zero-order chi connectivity index (χ0) is 25.8. The Hall–Kier alpha value is -5.32. The fourth-order valence-corrected chi connectivity index (χ4v) is 3.47. The standard InChI is InChI=1S/C25H17N3O8/c29-22-20(23(30)27(25(33)26-22)17-7-4-8-18(13-17)28(34)35)12-16-9-10-21(19(11-16)24(31)32)36-14-15-5-2-1-3-6-15/h1-13H,14H2,(H,31,32)(H,26,29,33)/b20-12+. The van der Waals surface area contributed by atoms with Crippen LogP contribution in [0.15, 0.2) is 78.4 Å². The van der Waals surface area contributed by atoms with E-state index in [1.807, 2.05) is 35.6 Å². The first-order chi connectivity index (χ1) is 17.2. The molecule has 0 saturated carbocycles. The van der Waals surface area contributed by atoms with Crippen molar-refractivity contribution in [3.05, 3.63) is 105 Å². The Morgan fingerprint density at radius 2 is 1.78 bits per heavy atom. The Kier molecular flexibility index (Phi) is 6.55. The number of aromatic carboxylic acids is 1. The molecule has 0 aromatic heterocycles. The maximum atomic E-state index is 13.0. The second kappa shape index (κ2) is 9.89. The van der Waals surface area contributed by atoms with E-state index in [1.54, 1.807) is 0 Å². The molecular weight excluding hydrogens is 470 g/mol. The van der Waals surface area contributed by atoms with E-state index in [1.165, 1.54) is 36.4 Å². The van der Waals surface area contributed by atoms with Gasteiger partial charge >= 0.3 is 12.0 Å². The Morgan fingerprint density at radius 3 is 2.47 bits per heavy atom. The minimum Gasteiger partial charge on any atom is -0.488 e. The molecule has 0 aliphatic carbocycles. The molecule has 1 saturated heterocycles. The van der Waals surface area contributed by atoms with E-state index in [-0.39, 0.29) is 34.9 Å². The lowest BCUT2D eigenvalue weighted by molar-refractivity contribution is -0.384. The van der Waals surface area contributed by atoms with Gasteiger partial charge in [0.2, 0.25) is 0 Å². The first-order valence-corrected chi connectivity index (χ1v) is 10.4. The van der Waals surface area contributed by atoms with E-state index >= 15 is 0 Å². The number of hydrogen-bond donors (Lipinski definition) is 2. The van der Waals surface area contributed by atoms with Gasteiger partial charge in [-0.3, -0.25) is 25.0 Å². The molecule has 0 unspecified atom stereocenters. The van der Waals surface area contributed by atoms with Crippen molar-refractivity contribution in [2.45, 2.75) is 6.61 Å². The third-order valence-electron chi connectivity index (χ3n) is 5.18. The van der Waals surface area contributed by atoms with E-state index < -0.39 is 34.3 Å². The Balaban J connectivity index is 1.65. The molecule has 0 bridgehead atoms. The number of rotatable bonds is 7. The summed E-state index contributed by atoms with van der Waals surface area (Å²) in [6, 6.07) is 16.9. The molecular formula is C25H17N3O8. The summed E-state index contributed by atoms with van der Waals surface area (Å²) in [7, 11) is 0. The molecule has 4 amide bonds. The third-order valence-corrected chi connectivity index (χ3v) is 5.18. The van der Waals surface area contributed by atoms with Gasteiger partial charge in [-0.05, 0) is 35.4 Å². The van der Waals surface area contributed by atoms with Crippen molar-refractivity contribution < 1.29 is 33.9 Å². The second-order valence-corrected chi connectivity index (χ2v) is 7.57. The van der Waals surface area contributed by atoms with Crippen molar-refractivity contribution >= 4 is 41.3 Å². The molecule has 0 spiro atoms. The minimum absolute atomic E-state index is 0.0846. The Bertz CT molecular complexity index is 1430. The highest BCUT2D eigenvalue weighted by Crippen LogP contribution is 2.27. The lowest BCUT2D eigenvalue weighted by Crippen LogP contribution is -2.54. The number of nitrogens with zero attached hydrogens (tertiary/aromatic N) is 2. The SMILES string of the molecule is O=C1NC(=O)N(c2cccc([N+](=O)[O-])c2)C(=O)/C1=C/c1ccc(OCc2ccccc2)c(C(=O)O)c1. The number of urea groups is 1. The van der Waals surface area contributed by atoms with E-state index in [4.69, 9.17) is 4.74 Å². The molecule has 3 aromatic rings. The molecule has 0 atom stereocenters. The van der Waals surface area contributed by atoms with Crippen LogP contribution >= 0.6 is 0 Å². The summed E-state index contributed by atoms with van der Waals surface area (Å²) >= 11 is 0. The summed E-state index contributed by atoms with van der Waals surface area (Å²) in [5.41, 5.74) is -0.110. The van der Waals surface area contributed by atoms with E-state index in [2.05, 4.69) is 0 Å². The van der Waals surface area contributed by atoms with Gasteiger partial charge in [0.25, 0.3) is 17.5 Å². The molecule has 11 heteroatoms. The quantitative estimate of drug-likeness (QED) is 0.222. The van der Waals surface area contributed by atoms with Crippen LogP contribution in [0.2, 0.25) is 0 Å². The number of carbonyl (C=O) groups is 4. The van der Waals surface area contributed by atoms with Crippen molar-refractivity contribution in [2.24, 2.45) is 0 Å². The van der Waals surface area contributed by atoms with E-state index in [9.17, 15) is 34.4 Å². The van der Waals surface area contributed by atoms with Crippen LogP contribution in [0.4, 0.5) is 16.2 Å². The largest absolute Gasteiger partial charge is 0.488 e. The zero-order valence-electron chi connectivity index (χ0n) is 18.4. The number of anilines is 1. The van der Waals surface area contributed by atoms with Gasteiger partial charge in [-0.15, -0.1) is 0 Å². The number of nitrogens with one attached hydrogen (secondary N) is 1. The van der Waals surface area contributed by atoms with Crippen LogP contribution in [0.5, 0.6) is 5.75 Å². The molecule has 36 heavy (non-hydrogen) atoms. The topological polar surface area (TPSA) is 156 Å². The molecule has 1 fully saturated rings. The van der Waals surface area contributed by atoms with Crippen molar-refractivity contribution in [1.82, 2.24) is 5.32 Å². The lowest BCUT2D eigenvalue weighted by atomic mass is 10.0. The maximum Gasteiger partial charge on any atom is 0.339 e. The lowest BCUT2D eigenvalue weighted by Gasteiger charge is -2.26. The minimum atomic E-state index is -1.29. The fourth-order valence-electron chi connectivity index (χ4n) is 3.47. The van der Waals surface area contributed by atoms with Crippen LogP contribution in [-0.2, 0) is 16.2 Å². The molecule has 1 heterocycles. The summed E-state index contributed by atoms with van der Waals surface area (Å²) in [5, 5.41) is 22.7. The predicted octanol–water partition coefficient (Wildman–Crippen LogP) is 3.54.